The molecule has 30 heavy (non-hydrogen) atoms. The lowest BCUT2D eigenvalue weighted by molar-refractivity contribution is 0.440. The zero-order chi connectivity index (χ0) is 22.0. The zero-order valence-electron chi connectivity index (χ0n) is 17.6. The second-order valence-corrected chi connectivity index (χ2v) is 7.72. The standard InChI is InChI=1S/C23H30FN5S/c1-4-23(12-17(14-25)16-27-2)13-18(15-26)22(11-19(23)9-10-28-30-3)29-21-7-5-20(24)6-8-21/h4-8,11,14-16,28H,1,9-10,12-13,25-26H2,2-3H3/b17-14-,18-15-,27-16?,29-22?. The summed E-state index contributed by atoms with van der Waals surface area (Å²) in [5, 5.41) is 0. The molecule has 0 spiro atoms. The van der Waals surface area contributed by atoms with Gasteiger partial charge in [0.2, 0.25) is 0 Å². The SMILES string of the molecule is C=CC1(C/C(C=NC)=C/N)C/C(=C/N)C(=Nc2ccc(F)cc2)C=C1CCNSC. The number of nitrogens with one attached hydrogen (secondary N) is 1. The number of nitrogens with two attached hydrogens (primary N) is 2. The second-order valence-electron chi connectivity index (χ2n) is 7.03. The molecule has 1 aliphatic rings. The number of hydrogen-bond donors (Lipinski definition) is 3. The fraction of sp³-hybridized carbons (Fsp3) is 0.304. The Morgan fingerprint density at radius 3 is 2.63 bits per heavy atom. The summed E-state index contributed by atoms with van der Waals surface area (Å²) < 4.78 is 16.6. The summed E-state index contributed by atoms with van der Waals surface area (Å²) in [7, 11) is 1.72. The Morgan fingerprint density at radius 1 is 1.33 bits per heavy atom. The first-order valence-electron chi connectivity index (χ1n) is 9.70. The molecule has 0 bridgehead atoms. The van der Waals surface area contributed by atoms with Crippen LogP contribution in [0.4, 0.5) is 10.1 Å². The smallest absolute Gasteiger partial charge is 0.123 e. The van der Waals surface area contributed by atoms with Crippen LogP contribution < -0.4 is 16.2 Å². The average molecular weight is 428 g/mol. The molecule has 1 aliphatic carbocycles. The van der Waals surface area contributed by atoms with Crippen molar-refractivity contribution in [2.45, 2.75) is 19.3 Å². The van der Waals surface area contributed by atoms with Gasteiger partial charge in [0.25, 0.3) is 0 Å². The van der Waals surface area contributed by atoms with E-state index in [2.05, 4.69) is 22.4 Å². The van der Waals surface area contributed by atoms with Gasteiger partial charge in [0.15, 0.2) is 0 Å². The normalized spacial score (nSPS) is 22.6. The van der Waals surface area contributed by atoms with E-state index in [1.54, 1.807) is 49.7 Å². The van der Waals surface area contributed by atoms with E-state index in [9.17, 15) is 4.39 Å². The number of aliphatic imine (C=N–C) groups is 2. The fourth-order valence-corrected chi connectivity index (χ4v) is 3.89. The topological polar surface area (TPSA) is 88.8 Å². The summed E-state index contributed by atoms with van der Waals surface area (Å²) in [5.74, 6) is -0.291. The highest BCUT2D eigenvalue weighted by Gasteiger charge is 2.37. The quantitative estimate of drug-likeness (QED) is 0.235. The van der Waals surface area contributed by atoms with Crippen LogP contribution in [0.5, 0.6) is 0 Å². The van der Waals surface area contributed by atoms with Crippen LogP contribution in [0.1, 0.15) is 19.3 Å². The van der Waals surface area contributed by atoms with Crippen molar-refractivity contribution in [1.82, 2.24) is 4.72 Å². The van der Waals surface area contributed by atoms with Crippen molar-refractivity contribution in [3.05, 3.63) is 77.9 Å². The van der Waals surface area contributed by atoms with Crippen LogP contribution in [0.3, 0.4) is 0 Å². The molecule has 0 fully saturated rings. The first kappa shape index (κ1) is 23.6. The van der Waals surface area contributed by atoms with Gasteiger partial charge in [-0.2, -0.15) is 0 Å². The minimum atomic E-state index is -0.348. The predicted molar refractivity (Wildman–Crippen MR) is 129 cm³/mol. The summed E-state index contributed by atoms with van der Waals surface area (Å²) in [4.78, 5) is 8.84. The molecule has 0 heterocycles. The molecule has 5 N–H and O–H groups in total. The number of hydrogen-bond acceptors (Lipinski definition) is 6. The molecular weight excluding hydrogens is 397 g/mol. The molecule has 1 atom stereocenters. The van der Waals surface area contributed by atoms with Gasteiger partial charge in [-0.1, -0.05) is 23.6 Å². The third-order valence-electron chi connectivity index (χ3n) is 5.12. The second kappa shape index (κ2) is 11.5. The van der Waals surface area contributed by atoms with E-state index in [1.807, 2.05) is 12.3 Å². The molecule has 0 aliphatic heterocycles. The predicted octanol–water partition coefficient (Wildman–Crippen LogP) is 4.43. The lowest BCUT2D eigenvalue weighted by Crippen LogP contribution is -2.31. The van der Waals surface area contributed by atoms with Crippen LogP contribution in [-0.2, 0) is 0 Å². The first-order chi connectivity index (χ1) is 14.5. The van der Waals surface area contributed by atoms with Gasteiger partial charge >= 0.3 is 0 Å². The summed E-state index contributed by atoms with van der Waals surface area (Å²) in [6.45, 7) is 4.94. The van der Waals surface area contributed by atoms with Crippen LogP contribution in [-0.4, -0.2) is 31.8 Å². The molecule has 1 aromatic rings. The molecule has 1 unspecified atom stereocenters. The first-order valence-corrected chi connectivity index (χ1v) is 10.9. The molecule has 0 amide bonds. The number of nitrogens with zero attached hydrogens (tertiary/aromatic N) is 2. The minimum Gasteiger partial charge on any atom is -0.404 e. The van der Waals surface area contributed by atoms with E-state index in [-0.39, 0.29) is 11.2 Å². The van der Waals surface area contributed by atoms with Crippen molar-refractivity contribution in [2.75, 3.05) is 19.8 Å². The van der Waals surface area contributed by atoms with Gasteiger partial charge in [-0.3, -0.25) is 9.71 Å². The summed E-state index contributed by atoms with van der Waals surface area (Å²) in [5.41, 5.74) is 16.0. The van der Waals surface area contributed by atoms with E-state index >= 15 is 0 Å². The van der Waals surface area contributed by atoms with E-state index < -0.39 is 0 Å². The zero-order valence-corrected chi connectivity index (χ0v) is 18.4. The van der Waals surface area contributed by atoms with Crippen molar-refractivity contribution in [1.29, 1.82) is 0 Å². The van der Waals surface area contributed by atoms with Crippen molar-refractivity contribution >= 4 is 29.6 Å². The Balaban J connectivity index is 2.54. The molecule has 160 valence electrons. The van der Waals surface area contributed by atoms with Gasteiger partial charge in [-0.05, 0) is 79.4 Å². The van der Waals surface area contributed by atoms with Gasteiger partial charge in [-0.25, -0.2) is 9.38 Å². The van der Waals surface area contributed by atoms with E-state index in [4.69, 9.17) is 16.5 Å². The largest absolute Gasteiger partial charge is 0.404 e. The summed E-state index contributed by atoms with van der Waals surface area (Å²) in [6.07, 6.45) is 13.1. The van der Waals surface area contributed by atoms with E-state index in [1.165, 1.54) is 17.7 Å². The Morgan fingerprint density at radius 2 is 2.07 bits per heavy atom. The van der Waals surface area contributed by atoms with Crippen LogP contribution in [0.2, 0.25) is 0 Å². The van der Waals surface area contributed by atoms with Gasteiger partial charge in [-0.15, -0.1) is 6.58 Å². The monoisotopic (exact) mass is 427 g/mol. The molecule has 0 saturated heterocycles. The molecule has 0 saturated carbocycles. The van der Waals surface area contributed by atoms with Gasteiger partial charge in [0.05, 0.1) is 11.4 Å². The summed E-state index contributed by atoms with van der Waals surface area (Å²) in [6, 6.07) is 6.11. The van der Waals surface area contributed by atoms with Crippen LogP contribution in [0.15, 0.2) is 82.1 Å². The molecular formula is C23H30FN5S. The Hall–Kier alpha value is -2.64. The van der Waals surface area contributed by atoms with Crippen molar-refractivity contribution in [2.24, 2.45) is 26.9 Å². The highest BCUT2D eigenvalue weighted by Crippen LogP contribution is 2.46. The average Bonchev–Trinajstić information content (AvgIpc) is 2.76. The molecule has 2 rings (SSSR count). The van der Waals surface area contributed by atoms with E-state index in [0.29, 0.717) is 18.5 Å². The molecule has 5 nitrogen and oxygen atoms in total. The van der Waals surface area contributed by atoms with Gasteiger partial charge in [0, 0.05) is 25.2 Å². The van der Waals surface area contributed by atoms with Crippen LogP contribution in [0.25, 0.3) is 0 Å². The Bertz CT molecular complexity index is 883. The van der Waals surface area contributed by atoms with E-state index in [0.717, 1.165) is 29.8 Å². The maximum atomic E-state index is 13.3. The number of benzene rings is 1. The summed E-state index contributed by atoms with van der Waals surface area (Å²) >= 11 is 1.58. The Labute approximate surface area is 182 Å². The maximum Gasteiger partial charge on any atom is 0.123 e. The third-order valence-corrected chi connectivity index (χ3v) is 5.62. The number of allylic oxidation sites excluding steroid dienone is 4. The van der Waals surface area contributed by atoms with Gasteiger partial charge < -0.3 is 11.5 Å². The highest BCUT2D eigenvalue weighted by molar-refractivity contribution is 7.96. The van der Waals surface area contributed by atoms with Crippen LogP contribution >= 0.6 is 11.9 Å². The van der Waals surface area contributed by atoms with Crippen molar-refractivity contribution < 1.29 is 4.39 Å². The fourth-order valence-electron chi connectivity index (χ4n) is 3.59. The molecule has 7 heteroatoms. The third kappa shape index (κ3) is 5.93. The van der Waals surface area contributed by atoms with Crippen molar-refractivity contribution in [3.8, 4) is 0 Å². The number of halogens is 1. The molecule has 0 radical (unpaired) electrons. The lowest BCUT2D eigenvalue weighted by atomic mass is 9.66. The maximum absolute atomic E-state index is 13.3. The lowest BCUT2D eigenvalue weighted by Gasteiger charge is -2.38. The number of rotatable bonds is 9. The van der Waals surface area contributed by atoms with Crippen molar-refractivity contribution in [3.63, 3.8) is 0 Å². The van der Waals surface area contributed by atoms with Gasteiger partial charge in [0.1, 0.15) is 5.82 Å². The van der Waals surface area contributed by atoms with Crippen LogP contribution in [0, 0.1) is 11.2 Å². The highest BCUT2D eigenvalue weighted by atomic mass is 32.2. The molecule has 0 aromatic heterocycles. The Kier molecular flexibility index (Phi) is 9.08. The minimum absolute atomic E-state index is 0.291. The molecule has 1 aromatic carbocycles.